The quantitative estimate of drug-likeness (QED) is 0.827. The van der Waals surface area contributed by atoms with E-state index in [4.69, 9.17) is 14.3 Å². The molecule has 2 aliphatic heterocycles. The van der Waals surface area contributed by atoms with Gasteiger partial charge in [0.1, 0.15) is 17.6 Å². The topological polar surface area (TPSA) is 86.2 Å². The third-order valence-corrected chi connectivity index (χ3v) is 6.22. The van der Waals surface area contributed by atoms with Gasteiger partial charge in [-0.15, -0.1) is 0 Å². The van der Waals surface area contributed by atoms with E-state index in [9.17, 15) is 9.59 Å². The van der Waals surface area contributed by atoms with Crippen LogP contribution in [0.15, 0.2) is 23.4 Å². The summed E-state index contributed by atoms with van der Waals surface area (Å²) in [6, 6.07) is 5.58. The van der Waals surface area contributed by atoms with Crippen LogP contribution in [-0.4, -0.2) is 37.8 Å². The molecule has 7 heteroatoms. The van der Waals surface area contributed by atoms with E-state index >= 15 is 0 Å². The van der Waals surface area contributed by atoms with Crippen molar-refractivity contribution in [2.24, 2.45) is 34.7 Å². The van der Waals surface area contributed by atoms with E-state index < -0.39 is 0 Å². The van der Waals surface area contributed by atoms with Gasteiger partial charge in [0.2, 0.25) is 11.8 Å². The molecule has 2 bridgehead atoms. The molecule has 130 valence electrons. The molecule has 2 saturated carbocycles. The van der Waals surface area contributed by atoms with Crippen LogP contribution in [0.3, 0.4) is 0 Å². The predicted octanol–water partition coefficient (Wildman–Crippen LogP) is 0.961. The van der Waals surface area contributed by atoms with Gasteiger partial charge in [-0.1, -0.05) is 5.16 Å². The Morgan fingerprint density at radius 1 is 1.08 bits per heavy atom. The summed E-state index contributed by atoms with van der Waals surface area (Å²) in [6.07, 6.45) is 0.700. The lowest BCUT2D eigenvalue weighted by molar-refractivity contribution is -0.127. The van der Waals surface area contributed by atoms with Crippen LogP contribution in [0.5, 0.6) is 11.5 Å². The van der Waals surface area contributed by atoms with Crippen LogP contribution in [0.1, 0.15) is 12.0 Å². The van der Waals surface area contributed by atoms with Crippen molar-refractivity contribution in [2.75, 3.05) is 14.2 Å². The molecule has 4 aliphatic rings. The van der Waals surface area contributed by atoms with Crippen LogP contribution in [0.2, 0.25) is 0 Å². The number of nitrogens with zero attached hydrogens (tertiary/aromatic N) is 1. The van der Waals surface area contributed by atoms with Crippen molar-refractivity contribution in [1.82, 2.24) is 5.32 Å². The van der Waals surface area contributed by atoms with Gasteiger partial charge >= 0.3 is 0 Å². The second-order valence-corrected chi connectivity index (χ2v) is 7.11. The summed E-state index contributed by atoms with van der Waals surface area (Å²) in [7, 11) is 3.21. The van der Waals surface area contributed by atoms with Gasteiger partial charge in [0, 0.05) is 23.5 Å². The van der Waals surface area contributed by atoms with Crippen molar-refractivity contribution in [3.8, 4) is 11.5 Å². The summed E-state index contributed by atoms with van der Waals surface area (Å²) in [6.45, 7) is 0. The van der Waals surface area contributed by atoms with Crippen molar-refractivity contribution in [3.63, 3.8) is 0 Å². The molecule has 0 aromatic heterocycles. The van der Waals surface area contributed by atoms with E-state index in [0.29, 0.717) is 11.5 Å². The molecule has 7 nitrogen and oxygen atoms in total. The van der Waals surface area contributed by atoms with Gasteiger partial charge in [-0.25, -0.2) is 0 Å². The predicted molar refractivity (Wildman–Crippen MR) is 86.2 cm³/mol. The van der Waals surface area contributed by atoms with Crippen LogP contribution in [0.25, 0.3) is 0 Å². The summed E-state index contributed by atoms with van der Waals surface area (Å²) < 4.78 is 10.8. The van der Waals surface area contributed by atoms with E-state index in [0.717, 1.165) is 17.7 Å². The first-order valence-corrected chi connectivity index (χ1v) is 8.45. The first-order valence-electron chi connectivity index (χ1n) is 8.45. The molecule has 2 amide bonds. The molecule has 3 fully saturated rings. The van der Waals surface area contributed by atoms with E-state index in [1.165, 1.54) is 0 Å². The van der Waals surface area contributed by atoms with Gasteiger partial charge < -0.3 is 14.3 Å². The van der Waals surface area contributed by atoms with Crippen molar-refractivity contribution < 1.29 is 23.9 Å². The fourth-order valence-electron chi connectivity index (χ4n) is 5.28. The fraction of sp³-hybridized carbons (Fsp3) is 0.500. The van der Waals surface area contributed by atoms with Gasteiger partial charge in [-0.3, -0.25) is 14.9 Å². The maximum absolute atomic E-state index is 12.2. The molecule has 1 aromatic carbocycles. The normalized spacial score (nSPS) is 37.3. The van der Waals surface area contributed by atoms with Crippen LogP contribution < -0.4 is 14.8 Å². The minimum absolute atomic E-state index is 0.0187. The Balaban J connectivity index is 1.53. The number of hydrogen-bond acceptors (Lipinski definition) is 6. The molecule has 1 aromatic rings. The summed E-state index contributed by atoms with van der Waals surface area (Å²) in [5.41, 5.74) is 1.66. The minimum Gasteiger partial charge on any atom is -0.497 e. The number of amides is 2. The minimum atomic E-state index is -0.258. The van der Waals surface area contributed by atoms with Gasteiger partial charge in [0.25, 0.3) is 0 Å². The first-order chi connectivity index (χ1) is 12.1. The Hall–Kier alpha value is -2.57. The lowest BCUT2D eigenvalue weighted by Gasteiger charge is -2.30. The van der Waals surface area contributed by atoms with Crippen LogP contribution in [0.4, 0.5) is 0 Å². The van der Waals surface area contributed by atoms with E-state index in [1.54, 1.807) is 14.2 Å². The molecule has 5 rings (SSSR count). The molecule has 2 aliphatic carbocycles. The van der Waals surface area contributed by atoms with Crippen LogP contribution in [0, 0.1) is 29.6 Å². The lowest BCUT2D eigenvalue weighted by atomic mass is 9.71. The molecule has 0 radical (unpaired) electrons. The van der Waals surface area contributed by atoms with Crippen molar-refractivity contribution in [2.45, 2.75) is 12.5 Å². The van der Waals surface area contributed by atoms with Gasteiger partial charge in [0.05, 0.1) is 31.8 Å². The summed E-state index contributed by atoms with van der Waals surface area (Å²) in [5, 5.41) is 6.81. The molecule has 2 heterocycles. The van der Waals surface area contributed by atoms with E-state index in [-0.39, 0.29) is 47.5 Å². The molecule has 1 N–H and O–H groups in total. The van der Waals surface area contributed by atoms with Crippen molar-refractivity contribution in [1.29, 1.82) is 0 Å². The standard InChI is InChI=1S/C18H18N2O5/c1-23-7-3-4-8(11(5-7)24-2)15-14-9-6-10(16(14)25-20-15)13-12(9)17(21)19-18(13)22/h3-5,9-10,12-14,16H,6H2,1-2H3,(H,19,21,22)/t9-,10+,12-,13+,14-,16-/m1/s1. The Labute approximate surface area is 144 Å². The highest BCUT2D eigenvalue weighted by Crippen LogP contribution is 2.60. The zero-order valence-electron chi connectivity index (χ0n) is 13.9. The number of carbonyl (C=O) groups excluding carboxylic acids is 2. The van der Waals surface area contributed by atoms with Gasteiger partial charge in [0.15, 0.2) is 0 Å². The number of methoxy groups -OCH3 is 2. The summed E-state index contributed by atoms with van der Waals surface area (Å²) in [4.78, 5) is 30.1. The third kappa shape index (κ3) is 1.78. The smallest absolute Gasteiger partial charge is 0.230 e. The highest BCUT2D eigenvalue weighted by atomic mass is 16.6. The maximum Gasteiger partial charge on any atom is 0.230 e. The molecule has 25 heavy (non-hydrogen) atoms. The largest absolute Gasteiger partial charge is 0.497 e. The Bertz CT molecular complexity index is 820. The van der Waals surface area contributed by atoms with E-state index in [2.05, 4.69) is 10.5 Å². The summed E-state index contributed by atoms with van der Waals surface area (Å²) in [5.74, 6) is 0.704. The fourth-order valence-corrected chi connectivity index (χ4v) is 5.28. The molecule has 6 atom stereocenters. The second-order valence-electron chi connectivity index (χ2n) is 7.11. The third-order valence-electron chi connectivity index (χ3n) is 6.22. The van der Waals surface area contributed by atoms with E-state index in [1.807, 2.05) is 18.2 Å². The van der Waals surface area contributed by atoms with Crippen LogP contribution in [-0.2, 0) is 14.4 Å². The highest BCUT2D eigenvalue weighted by molar-refractivity contribution is 6.09. The molecular formula is C18H18N2O5. The Morgan fingerprint density at radius 2 is 1.84 bits per heavy atom. The Morgan fingerprint density at radius 3 is 2.56 bits per heavy atom. The number of rotatable bonds is 3. The van der Waals surface area contributed by atoms with Crippen molar-refractivity contribution >= 4 is 17.5 Å². The molecule has 0 unspecified atom stereocenters. The number of fused-ring (bicyclic) bond motifs is 8. The number of nitrogens with one attached hydrogen (secondary N) is 1. The zero-order chi connectivity index (χ0) is 17.3. The van der Waals surface area contributed by atoms with Crippen molar-refractivity contribution in [3.05, 3.63) is 23.8 Å². The average Bonchev–Trinajstić information content (AvgIpc) is 3.35. The second kappa shape index (κ2) is 4.97. The molecular weight excluding hydrogens is 324 g/mol. The number of ether oxygens (including phenoxy) is 2. The van der Waals surface area contributed by atoms with Crippen LogP contribution >= 0.6 is 0 Å². The number of hydrogen-bond donors (Lipinski definition) is 1. The number of imide groups is 1. The highest BCUT2D eigenvalue weighted by Gasteiger charge is 2.68. The monoisotopic (exact) mass is 342 g/mol. The zero-order valence-corrected chi connectivity index (χ0v) is 13.9. The SMILES string of the molecule is COc1ccc(C2=NO[C@@H]3[C@H]4C[C@H]([C@H]5C(=O)NC(=O)[C@@H]45)[C@H]23)c(OC)c1. The number of oxime groups is 1. The summed E-state index contributed by atoms with van der Waals surface area (Å²) >= 11 is 0. The Kier molecular flexibility index (Phi) is 2.93. The van der Waals surface area contributed by atoms with Gasteiger partial charge in [-0.05, 0) is 24.5 Å². The average molecular weight is 342 g/mol. The van der Waals surface area contributed by atoms with Gasteiger partial charge in [-0.2, -0.15) is 0 Å². The first kappa shape index (κ1) is 14.7. The lowest BCUT2D eigenvalue weighted by Crippen LogP contribution is -2.41. The maximum atomic E-state index is 12.2. The number of carbonyl (C=O) groups is 2. The molecule has 0 spiro atoms. The number of benzene rings is 1. The molecule has 1 saturated heterocycles.